The van der Waals surface area contributed by atoms with Crippen LogP contribution in [-0.4, -0.2) is 34.1 Å². The molecule has 1 aliphatic heterocycles. The van der Waals surface area contributed by atoms with Crippen LogP contribution in [0.5, 0.6) is 5.75 Å². The Morgan fingerprint density at radius 3 is 2.67 bits per heavy atom. The standard InChI is InChI=1S/C23H25N3O/c1-18-16-27-23-10-9-20(22-13-24-17-25-14-22)12-21(23)15-26(18)11-5-8-19-6-3-2-4-7-19/h2-4,6-7,9-10,12-14,17-18H,5,8,11,15-16H2,1H3/t18-/m1/s1. The van der Waals surface area contributed by atoms with Gasteiger partial charge in [0.2, 0.25) is 0 Å². The van der Waals surface area contributed by atoms with Crippen LogP contribution in [0.15, 0.2) is 67.3 Å². The Hall–Kier alpha value is -2.72. The Morgan fingerprint density at radius 2 is 1.85 bits per heavy atom. The molecular weight excluding hydrogens is 334 g/mol. The molecule has 0 aliphatic carbocycles. The molecule has 0 amide bonds. The van der Waals surface area contributed by atoms with Crippen LogP contribution in [0.3, 0.4) is 0 Å². The lowest BCUT2D eigenvalue weighted by Crippen LogP contribution is -2.35. The van der Waals surface area contributed by atoms with Crippen molar-refractivity contribution >= 4 is 0 Å². The van der Waals surface area contributed by atoms with E-state index in [1.165, 1.54) is 11.1 Å². The molecule has 1 atom stereocenters. The van der Waals surface area contributed by atoms with E-state index >= 15 is 0 Å². The minimum Gasteiger partial charge on any atom is -0.492 e. The number of hydrogen-bond donors (Lipinski definition) is 0. The molecule has 27 heavy (non-hydrogen) atoms. The third kappa shape index (κ3) is 4.34. The van der Waals surface area contributed by atoms with E-state index in [1.54, 1.807) is 6.33 Å². The van der Waals surface area contributed by atoms with Crippen molar-refractivity contribution < 1.29 is 4.74 Å². The Balaban J connectivity index is 1.47. The smallest absolute Gasteiger partial charge is 0.123 e. The summed E-state index contributed by atoms with van der Waals surface area (Å²) in [5.41, 5.74) is 4.81. The molecule has 0 saturated heterocycles. The molecule has 0 bridgehead atoms. The van der Waals surface area contributed by atoms with Crippen LogP contribution < -0.4 is 4.74 Å². The van der Waals surface area contributed by atoms with Crippen LogP contribution in [0.1, 0.15) is 24.5 Å². The lowest BCUT2D eigenvalue weighted by molar-refractivity contribution is 0.157. The largest absolute Gasteiger partial charge is 0.492 e. The van der Waals surface area contributed by atoms with Crippen molar-refractivity contribution in [2.45, 2.75) is 32.4 Å². The zero-order valence-corrected chi connectivity index (χ0v) is 15.7. The third-order valence-electron chi connectivity index (χ3n) is 5.18. The second-order valence-corrected chi connectivity index (χ2v) is 7.17. The first kappa shape index (κ1) is 17.7. The topological polar surface area (TPSA) is 38.3 Å². The first-order valence-corrected chi connectivity index (χ1v) is 9.59. The minimum atomic E-state index is 0.400. The second-order valence-electron chi connectivity index (χ2n) is 7.17. The van der Waals surface area contributed by atoms with E-state index in [9.17, 15) is 0 Å². The molecule has 0 N–H and O–H groups in total. The molecular formula is C23H25N3O. The Bertz CT molecular complexity index is 867. The molecule has 2 aromatic carbocycles. The van der Waals surface area contributed by atoms with Gasteiger partial charge in [-0.15, -0.1) is 0 Å². The van der Waals surface area contributed by atoms with Crippen LogP contribution in [0.25, 0.3) is 11.1 Å². The zero-order valence-electron chi connectivity index (χ0n) is 15.7. The first-order chi connectivity index (χ1) is 13.3. The quantitative estimate of drug-likeness (QED) is 0.678. The molecule has 4 heteroatoms. The van der Waals surface area contributed by atoms with Gasteiger partial charge in [0.05, 0.1) is 0 Å². The average molecular weight is 359 g/mol. The number of hydrogen-bond acceptors (Lipinski definition) is 4. The molecule has 0 radical (unpaired) electrons. The highest BCUT2D eigenvalue weighted by atomic mass is 16.5. The third-order valence-corrected chi connectivity index (χ3v) is 5.18. The number of ether oxygens (including phenoxy) is 1. The summed E-state index contributed by atoms with van der Waals surface area (Å²) < 4.78 is 6.07. The summed E-state index contributed by atoms with van der Waals surface area (Å²) >= 11 is 0. The van der Waals surface area contributed by atoms with Gasteiger partial charge in [0, 0.05) is 36.1 Å². The normalized spacial score (nSPS) is 17.0. The fraction of sp³-hybridized carbons (Fsp3) is 0.304. The summed E-state index contributed by atoms with van der Waals surface area (Å²) in [4.78, 5) is 10.8. The van der Waals surface area contributed by atoms with E-state index in [0.717, 1.165) is 49.4 Å². The lowest BCUT2D eigenvalue weighted by atomic mass is 10.0. The maximum absolute atomic E-state index is 6.07. The number of aryl methyl sites for hydroxylation is 1. The van der Waals surface area contributed by atoms with Gasteiger partial charge >= 0.3 is 0 Å². The van der Waals surface area contributed by atoms with Crippen molar-refractivity contribution in [1.29, 1.82) is 0 Å². The summed E-state index contributed by atoms with van der Waals surface area (Å²) in [5.74, 6) is 0.994. The number of benzene rings is 2. The average Bonchev–Trinajstić information content (AvgIpc) is 2.88. The van der Waals surface area contributed by atoms with Crippen molar-refractivity contribution in [3.8, 4) is 16.9 Å². The van der Waals surface area contributed by atoms with Gasteiger partial charge in [0.25, 0.3) is 0 Å². The summed E-state index contributed by atoms with van der Waals surface area (Å²) in [6, 6.07) is 17.5. The van der Waals surface area contributed by atoms with Gasteiger partial charge in [-0.05, 0) is 49.6 Å². The highest BCUT2D eigenvalue weighted by Crippen LogP contribution is 2.30. The van der Waals surface area contributed by atoms with Crippen LogP contribution in [0, 0.1) is 0 Å². The number of fused-ring (bicyclic) bond motifs is 1. The summed E-state index contributed by atoms with van der Waals surface area (Å²) in [6.45, 7) is 4.96. The molecule has 4 nitrogen and oxygen atoms in total. The van der Waals surface area contributed by atoms with Crippen molar-refractivity contribution in [3.05, 3.63) is 78.4 Å². The predicted molar refractivity (Wildman–Crippen MR) is 108 cm³/mol. The number of nitrogens with zero attached hydrogens (tertiary/aromatic N) is 3. The predicted octanol–water partition coefficient (Wildman–Crippen LogP) is 4.36. The van der Waals surface area contributed by atoms with E-state index < -0.39 is 0 Å². The summed E-state index contributed by atoms with van der Waals surface area (Å²) in [5, 5.41) is 0. The number of rotatable bonds is 5. The molecule has 0 unspecified atom stereocenters. The maximum Gasteiger partial charge on any atom is 0.123 e. The Morgan fingerprint density at radius 1 is 1.04 bits per heavy atom. The van der Waals surface area contributed by atoms with Gasteiger partial charge in [-0.1, -0.05) is 36.4 Å². The highest BCUT2D eigenvalue weighted by Gasteiger charge is 2.21. The summed E-state index contributed by atoms with van der Waals surface area (Å²) in [7, 11) is 0. The maximum atomic E-state index is 6.07. The van der Waals surface area contributed by atoms with Crippen molar-refractivity contribution in [2.24, 2.45) is 0 Å². The molecule has 1 aliphatic rings. The van der Waals surface area contributed by atoms with E-state index in [-0.39, 0.29) is 0 Å². The van der Waals surface area contributed by atoms with Crippen LogP contribution >= 0.6 is 0 Å². The molecule has 0 saturated carbocycles. The molecule has 1 aromatic heterocycles. The molecule has 4 rings (SSSR count). The minimum absolute atomic E-state index is 0.400. The molecule has 0 fully saturated rings. The molecule has 0 spiro atoms. The monoisotopic (exact) mass is 359 g/mol. The Kier molecular flexibility index (Phi) is 5.45. The van der Waals surface area contributed by atoms with Crippen LogP contribution in [0.4, 0.5) is 0 Å². The fourth-order valence-electron chi connectivity index (χ4n) is 3.59. The number of aromatic nitrogens is 2. The van der Waals surface area contributed by atoms with Gasteiger partial charge < -0.3 is 4.74 Å². The Labute approximate surface area is 160 Å². The van der Waals surface area contributed by atoms with Crippen molar-refractivity contribution in [3.63, 3.8) is 0 Å². The highest BCUT2D eigenvalue weighted by molar-refractivity contribution is 5.64. The van der Waals surface area contributed by atoms with Crippen molar-refractivity contribution in [2.75, 3.05) is 13.2 Å². The summed E-state index contributed by atoms with van der Waals surface area (Å²) in [6.07, 6.45) is 7.53. The molecule has 2 heterocycles. The zero-order chi connectivity index (χ0) is 18.5. The van der Waals surface area contributed by atoms with Crippen LogP contribution in [0.2, 0.25) is 0 Å². The van der Waals surface area contributed by atoms with Gasteiger partial charge in [0.1, 0.15) is 18.7 Å². The van der Waals surface area contributed by atoms with Gasteiger partial charge in [-0.25, -0.2) is 9.97 Å². The first-order valence-electron chi connectivity index (χ1n) is 9.59. The van der Waals surface area contributed by atoms with Gasteiger partial charge in [-0.2, -0.15) is 0 Å². The van der Waals surface area contributed by atoms with E-state index in [4.69, 9.17) is 4.74 Å². The molecule has 138 valence electrons. The van der Waals surface area contributed by atoms with Crippen LogP contribution in [-0.2, 0) is 13.0 Å². The molecule has 3 aromatic rings. The lowest BCUT2D eigenvalue weighted by Gasteiger charge is -2.26. The van der Waals surface area contributed by atoms with Crippen molar-refractivity contribution in [1.82, 2.24) is 14.9 Å². The van der Waals surface area contributed by atoms with E-state index in [1.807, 2.05) is 12.4 Å². The van der Waals surface area contributed by atoms with Gasteiger partial charge in [0.15, 0.2) is 0 Å². The van der Waals surface area contributed by atoms with E-state index in [2.05, 4.69) is 70.3 Å². The van der Waals surface area contributed by atoms with Gasteiger partial charge in [-0.3, -0.25) is 4.90 Å². The SMILES string of the molecule is C[C@@H]1COc2ccc(-c3cncnc3)cc2CN1CCCc1ccccc1. The second kappa shape index (κ2) is 8.31. The van der Waals surface area contributed by atoms with E-state index in [0.29, 0.717) is 6.04 Å². The fourth-order valence-corrected chi connectivity index (χ4v) is 3.59.